The maximum absolute atomic E-state index is 13.2. The lowest BCUT2D eigenvalue weighted by atomic mass is 10.2. The molecule has 0 fully saturated rings. The fourth-order valence-corrected chi connectivity index (χ4v) is 5.39. The number of aryl methyl sites for hydroxylation is 1. The van der Waals surface area contributed by atoms with E-state index in [-0.39, 0.29) is 4.90 Å². The van der Waals surface area contributed by atoms with Crippen LogP contribution in [0.25, 0.3) is 10.2 Å². The molecule has 0 aliphatic rings. The van der Waals surface area contributed by atoms with Gasteiger partial charge >= 0.3 is 0 Å². The molecule has 0 spiro atoms. The highest BCUT2D eigenvalue weighted by Crippen LogP contribution is 2.36. The Kier molecular flexibility index (Phi) is 7.20. The van der Waals surface area contributed by atoms with E-state index >= 15 is 0 Å². The van der Waals surface area contributed by atoms with Crippen LogP contribution in [-0.2, 0) is 14.6 Å². The van der Waals surface area contributed by atoms with Gasteiger partial charge in [-0.25, -0.2) is 13.4 Å². The van der Waals surface area contributed by atoms with Crippen LogP contribution in [0.1, 0.15) is 5.56 Å². The third-order valence-electron chi connectivity index (χ3n) is 4.70. The Morgan fingerprint density at radius 2 is 1.81 bits per heavy atom. The van der Waals surface area contributed by atoms with Gasteiger partial charge in [-0.15, -0.1) is 0 Å². The van der Waals surface area contributed by atoms with Gasteiger partial charge in [0.15, 0.2) is 15.0 Å². The highest BCUT2D eigenvalue weighted by molar-refractivity contribution is 7.92. The number of thiazole rings is 1. The standard InChI is InChI=1S/C21H24ClN3O4S2/c1-14-5-10-17(29-4)19-20(14)30-21(23-19)25(12-11-24(2)3)18(26)13-31(27,28)16-8-6-15(22)7-9-16/h5-10H,11-13H2,1-4H3. The summed E-state index contributed by atoms with van der Waals surface area (Å²) >= 11 is 7.20. The number of carbonyl (C=O) groups is 1. The van der Waals surface area contributed by atoms with Crippen LogP contribution in [0.3, 0.4) is 0 Å². The number of likely N-dealkylation sites (N-methyl/N-ethyl adjacent to an activating group) is 1. The summed E-state index contributed by atoms with van der Waals surface area (Å²) in [5.41, 5.74) is 1.67. The zero-order chi connectivity index (χ0) is 22.8. The molecule has 10 heteroatoms. The van der Waals surface area contributed by atoms with Crippen LogP contribution in [-0.4, -0.2) is 64.3 Å². The van der Waals surface area contributed by atoms with Crippen molar-refractivity contribution < 1.29 is 17.9 Å². The van der Waals surface area contributed by atoms with Crippen molar-refractivity contribution in [2.75, 3.05) is 44.9 Å². The van der Waals surface area contributed by atoms with Crippen LogP contribution in [0.2, 0.25) is 5.02 Å². The molecule has 2 aromatic carbocycles. The highest BCUT2D eigenvalue weighted by Gasteiger charge is 2.27. The third-order valence-corrected chi connectivity index (χ3v) is 7.78. The van der Waals surface area contributed by atoms with E-state index in [4.69, 9.17) is 16.3 Å². The van der Waals surface area contributed by atoms with Gasteiger partial charge < -0.3 is 9.64 Å². The third kappa shape index (κ3) is 5.35. The minimum absolute atomic E-state index is 0.0552. The first-order valence-corrected chi connectivity index (χ1v) is 12.3. The van der Waals surface area contributed by atoms with Crippen LogP contribution in [0.5, 0.6) is 5.75 Å². The lowest BCUT2D eigenvalue weighted by molar-refractivity contribution is -0.116. The number of halogens is 1. The lowest BCUT2D eigenvalue weighted by Gasteiger charge is -2.22. The number of carbonyl (C=O) groups excluding carboxylic acids is 1. The molecule has 3 aromatic rings. The molecule has 0 aliphatic carbocycles. The average molecular weight is 482 g/mol. The van der Waals surface area contributed by atoms with E-state index in [1.807, 2.05) is 38.1 Å². The zero-order valence-corrected chi connectivity index (χ0v) is 20.1. The summed E-state index contributed by atoms with van der Waals surface area (Å²) in [5, 5.41) is 0.873. The lowest BCUT2D eigenvalue weighted by Crippen LogP contribution is -2.40. The number of ether oxygens (including phenoxy) is 1. The van der Waals surface area contributed by atoms with Crippen molar-refractivity contribution in [3.05, 3.63) is 47.0 Å². The van der Waals surface area contributed by atoms with Crippen LogP contribution >= 0.6 is 22.9 Å². The number of benzene rings is 2. The largest absolute Gasteiger partial charge is 0.494 e. The molecular weight excluding hydrogens is 458 g/mol. The monoisotopic (exact) mass is 481 g/mol. The molecule has 0 saturated heterocycles. The van der Waals surface area contributed by atoms with Crippen molar-refractivity contribution >= 4 is 54.0 Å². The molecule has 0 radical (unpaired) electrons. The van der Waals surface area contributed by atoms with Crippen molar-refractivity contribution in [2.24, 2.45) is 0 Å². The Labute approximate surface area is 191 Å². The smallest absolute Gasteiger partial charge is 0.244 e. The summed E-state index contributed by atoms with van der Waals surface area (Å²) in [6, 6.07) is 9.55. The number of sulfone groups is 1. The second-order valence-corrected chi connectivity index (χ2v) is 10.7. The summed E-state index contributed by atoms with van der Waals surface area (Å²) in [6.45, 7) is 2.82. The van der Waals surface area contributed by atoms with Gasteiger partial charge in [-0.2, -0.15) is 0 Å². The fourth-order valence-electron chi connectivity index (χ4n) is 2.97. The molecule has 166 valence electrons. The second-order valence-electron chi connectivity index (χ2n) is 7.32. The molecule has 1 aromatic heterocycles. The molecule has 3 rings (SSSR count). The van der Waals surface area contributed by atoms with Crippen molar-refractivity contribution in [2.45, 2.75) is 11.8 Å². The summed E-state index contributed by atoms with van der Waals surface area (Å²) in [5.74, 6) is -0.585. The van der Waals surface area contributed by atoms with Gasteiger partial charge in [0, 0.05) is 18.1 Å². The predicted octanol–water partition coefficient (Wildman–Crippen LogP) is 3.64. The van der Waals surface area contributed by atoms with Crippen LogP contribution < -0.4 is 9.64 Å². The van der Waals surface area contributed by atoms with Crippen molar-refractivity contribution in [1.82, 2.24) is 9.88 Å². The molecule has 0 saturated carbocycles. The molecule has 1 amide bonds. The Morgan fingerprint density at radius 1 is 1.13 bits per heavy atom. The maximum Gasteiger partial charge on any atom is 0.244 e. The fraction of sp³-hybridized carbons (Fsp3) is 0.333. The quantitative estimate of drug-likeness (QED) is 0.488. The number of hydrogen-bond acceptors (Lipinski definition) is 7. The molecule has 0 N–H and O–H groups in total. The highest BCUT2D eigenvalue weighted by atomic mass is 35.5. The molecule has 0 unspecified atom stereocenters. The van der Waals surface area contributed by atoms with Crippen LogP contribution in [0, 0.1) is 6.92 Å². The van der Waals surface area contributed by atoms with E-state index in [2.05, 4.69) is 4.98 Å². The number of anilines is 1. The number of rotatable bonds is 8. The topological polar surface area (TPSA) is 79.8 Å². The minimum atomic E-state index is -3.83. The number of hydrogen-bond donors (Lipinski definition) is 0. The van der Waals surface area contributed by atoms with Gasteiger partial charge in [-0.05, 0) is 56.9 Å². The van der Waals surface area contributed by atoms with Gasteiger partial charge in [0.1, 0.15) is 17.0 Å². The van der Waals surface area contributed by atoms with Crippen molar-refractivity contribution in [1.29, 1.82) is 0 Å². The predicted molar refractivity (Wildman–Crippen MR) is 125 cm³/mol. The van der Waals surface area contributed by atoms with Gasteiger partial charge in [-0.3, -0.25) is 9.69 Å². The summed E-state index contributed by atoms with van der Waals surface area (Å²) in [4.78, 5) is 21.2. The molecule has 7 nitrogen and oxygen atoms in total. The number of fused-ring (bicyclic) bond motifs is 1. The number of aromatic nitrogens is 1. The maximum atomic E-state index is 13.2. The normalized spacial score (nSPS) is 11.8. The van der Waals surface area contributed by atoms with E-state index in [1.54, 1.807) is 7.11 Å². The summed E-state index contributed by atoms with van der Waals surface area (Å²) in [7, 11) is 1.51. The molecular formula is C21H24ClN3O4S2. The first-order chi connectivity index (χ1) is 14.6. The molecule has 0 bridgehead atoms. The summed E-state index contributed by atoms with van der Waals surface area (Å²) < 4.78 is 31.9. The average Bonchev–Trinajstić information content (AvgIpc) is 3.14. The Bertz CT molecular complexity index is 1190. The van der Waals surface area contributed by atoms with E-state index in [9.17, 15) is 13.2 Å². The Morgan fingerprint density at radius 3 is 2.42 bits per heavy atom. The second kappa shape index (κ2) is 9.52. The minimum Gasteiger partial charge on any atom is -0.494 e. The summed E-state index contributed by atoms with van der Waals surface area (Å²) in [6.07, 6.45) is 0. The van der Waals surface area contributed by atoms with Gasteiger partial charge in [0.2, 0.25) is 5.91 Å². The van der Waals surface area contributed by atoms with Gasteiger partial charge in [0.05, 0.1) is 16.7 Å². The van der Waals surface area contributed by atoms with Crippen molar-refractivity contribution in [3.63, 3.8) is 0 Å². The Hall–Kier alpha value is -2.20. The van der Waals surface area contributed by atoms with E-state index in [1.165, 1.54) is 40.5 Å². The molecule has 0 aliphatic heterocycles. The number of nitrogens with zero attached hydrogens (tertiary/aromatic N) is 3. The zero-order valence-electron chi connectivity index (χ0n) is 17.8. The first-order valence-electron chi connectivity index (χ1n) is 9.50. The molecule has 0 atom stereocenters. The van der Waals surface area contributed by atoms with Gasteiger partial charge in [-0.1, -0.05) is 29.0 Å². The Balaban J connectivity index is 1.97. The number of methoxy groups -OCH3 is 1. The van der Waals surface area contributed by atoms with Gasteiger partial charge in [0.25, 0.3) is 0 Å². The van der Waals surface area contributed by atoms with E-state index in [0.717, 1.165) is 10.3 Å². The van der Waals surface area contributed by atoms with E-state index in [0.29, 0.717) is 34.5 Å². The van der Waals surface area contributed by atoms with Crippen molar-refractivity contribution in [3.8, 4) is 5.75 Å². The van der Waals surface area contributed by atoms with Crippen LogP contribution in [0.4, 0.5) is 5.13 Å². The molecule has 1 heterocycles. The first kappa shape index (κ1) is 23.5. The van der Waals surface area contributed by atoms with Crippen LogP contribution in [0.15, 0.2) is 41.3 Å². The van der Waals surface area contributed by atoms with E-state index < -0.39 is 21.5 Å². The number of amides is 1. The molecule has 31 heavy (non-hydrogen) atoms. The SMILES string of the molecule is COc1ccc(C)c2sc(N(CCN(C)C)C(=O)CS(=O)(=O)c3ccc(Cl)cc3)nc12.